The van der Waals surface area contributed by atoms with E-state index in [9.17, 15) is 9.59 Å². The lowest BCUT2D eigenvalue weighted by Crippen LogP contribution is -2.33. The summed E-state index contributed by atoms with van der Waals surface area (Å²) in [7, 11) is 1.66. The molecule has 0 spiro atoms. The number of hydrogen-bond acceptors (Lipinski definition) is 4. The van der Waals surface area contributed by atoms with Crippen molar-refractivity contribution < 1.29 is 9.53 Å². The number of aryl methyl sites for hydroxylation is 1. The van der Waals surface area contributed by atoms with Gasteiger partial charge in [0.2, 0.25) is 0 Å². The van der Waals surface area contributed by atoms with E-state index in [4.69, 9.17) is 4.74 Å². The molecule has 1 aliphatic rings. The summed E-state index contributed by atoms with van der Waals surface area (Å²) in [6.07, 6.45) is 8.91. The third kappa shape index (κ3) is 4.87. The van der Waals surface area contributed by atoms with Gasteiger partial charge in [-0.25, -0.2) is 0 Å². The van der Waals surface area contributed by atoms with E-state index in [1.165, 1.54) is 12.8 Å². The molecule has 1 N–H and O–H groups in total. The molecule has 2 aromatic heterocycles. The van der Waals surface area contributed by atoms with E-state index in [0.29, 0.717) is 25.6 Å². The maximum atomic E-state index is 13.0. The highest BCUT2D eigenvalue weighted by molar-refractivity contribution is 5.95. The molecule has 0 unspecified atom stereocenters. The fraction of sp³-hybridized carbons (Fsp3) is 0.500. The maximum Gasteiger partial charge on any atom is 0.257 e. The van der Waals surface area contributed by atoms with Crippen LogP contribution in [0.15, 0.2) is 35.4 Å². The van der Waals surface area contributed by atoms with Gasteiger partial charge in [0.25, 0.3) is 5.91 Å². The van der Waals surface area contributed by atoms with Crippen LogP contribution in [-0.4, -0.2) is 29.2 Å². The van der Waals surface area contributed by atoms with Gasteiger partial charge in [0.1, 0.15) is 5.56 Å². The van der Waals surface area contributed by atoms with E-state index < -0.39 is 0 Å². The van der Waals surface area contributed by atoms with Crippen molar-refractivity contribution in [2.75, 3.05) is 13.7 Å². The molecule has 6 nitrogen and oxygen atoms in total. The minimum absolute atomic E-state index is 0.202. The van der Waals surface area contributed by atoms with Crippen molar-refractivity contribution in [1.82, 2.24) is 14.9 Å². The van der Waals surface area contributed by atoms with E-state index in [1.54, 1.807) is 25.6 Å². The molecular formula is C22H29N3O3. The highest BCUT2D eigenvalue weighted by atomic mass is 16.5. The minimum Gasteiger partial charge on any atom is -0.383 e. The largest absolute Gasteiger partial charge is 0.383 e. The second kappa shape index (κ2) is 9.64. The van der Waals surface area contributed by atoms with Crippen molar-refractivity contribution >= 4 is 5.91 Å². The van der Waals surface area contributed by atoms with Crippen molar-refractivity contribution in [1.29, 1.82) is 0 Å². The number of carbonyl (C=O) groups excluding carboxylic acids is 1. The summed E-state index contributed by atoms with van der Waals surface area (Å²) in [5, 5.41) is 2.91. The van der Waals surface area contributed by atoms with Crippen LogP contribution in [0, 0.1) is 12.8 Å². The molecule has 6 heteroatoms. The fourth-order valence-corrected chi connectivity index (χ4v) is 4.04. The van der Waals surface area contributed by atoms with Gasteiger partial charge in [0.15, 0.2) is 5.43 Å². The standard InChI is InChI=1S/C22H29N3O3/c1-16-13-20(26)21(22(27)24-15-18-7-9-23-10-8-18)19(25(16)11-12-28-2)14-17-5-3-4-6-17/h7-10,13,17H,3-6,11-12,14-15H2,1-2H3,(H,24,27). The molecule has 0 bridgehead atoms. The van der Waals surface area contributed by atoms with Crippen LogP contribution in [0.1, 0.15) is 53.0 Å². The lowest BCUT2D eigenvalue weighted by Gasteiger charge is -2.22. The zero-order valence-corrected chi connectivity index (χ0v) is 16.7. The van der Waals surface area contributed by atoms with Crippen molar-refractivity contribution in [3.63, 3.8) is 0 Å². The van der Waals surface area contributed by atoms with Crippen LogP contribution in [0.5, 0.6) is 0 Å². The number of hydrogen-bond donors (Lipinski definition) is 1. The van der Waals surface area contributed by atoms with Gasteiger partial charge >= 0.3 is 0 Å². The number of carbonyl (C=O) groups is 1. The summed E-state index contributed by atoms with van der Waals surface area (Å²) in [6, 6.07) is 5.27. The Balaban J connectivity index is 1.92. The Morgan fingerprint density at radius 3 is 2.68 bits per heavy atom. The van der Waals surface area contributed by atoms with Gasteiger partial charge < -0.3 is 14.6 Å². The maximum absolute atomic E-state index is 13.0. The molecule has 2 heterocycles. The van der Waals surface area contributed by atoms with Crippen LogP contribution in [-0.2, 0) is 24.2 Å². The van der Waals surface area contributed by atoms with E-state index in [2.05, 4.69) is 14.9 Å². The topological polar surface area (TPSA) is 73.2 Å². The van der Waals surface area contributed by atoms with Gasteiger partial charge in [-0.05, 0) is 37.0 Å². The summed E-state index contributed by atoms with van der Waals surface area (Å²) in [4.78, 5) is 29.8. The van der Waals surface area contributed by atoms with E-state index in [-0.39, 0.29) is 16.9 Å². The van der Waals surface area contributed by atoms with Crippen LogP contribution >= 0.6 is 0 Å². The number of ether oxygens (including phenoxy) is 1. The number of nitrogens with one attached hydrogen (secondary N) is 1. The van der Waals surface area contributed by atoms with Crippen LogP contribution in [0.3, 0.4) is 0 Å². The predicted molar refractivity (Wildman–Crippen MR) is 108 cm³/mol. The Kier molecular flexibility index (Phi) is 6.98. The second-order valence-corrected chi connectivity index (χ2v) is 7.51. The van der Waals surface area contributed by atoms with Crippen molar-refractivity contribution in [3.05, 3.63) is 63.3 Å². The summed E-state index contributed by atoms with van der Waals surface area (Å²) in [6.45, 7) is 3.47. The van der Waals surface area contributed by atoms with Crippen molar-refractivity contribution in [3.8, 4) is 0 Å². The molecule has 0 aliphatic heterocycles. The molecule has 1 fully saturated rings. The molecule has 0 aromatic carbocycles. The highest BCUT2D eigenvalue weighted by Gasteiger charge is 2.24. The van der Waals surface area contributed by atoms with Gasteiger partial charge in [-0.3, -0.25) is 14.6 Å². The summed E-state index contributed by atoms with van der Waals surface area (Å²) < 4.78 is 7.34. The first-order valence-corrected chi connectivity index (χ1v) is 9.99. The molecule has 28 heavy (non-hydrogen) atoms. The number of pyridine rings is 2. The minimum atomic E-state index is -0.305. The molecule has 150 valence electrons. The molecule has 0 atom stereocenters. The first kappa shape index (κ1) is 20.3. The lowest BCUT2D eigenvalue weighted by molar-refractivity contribution is 0.0947. The van der Waals surface area contributed by atoms with Gasteiger partial charge in [0.05, 0.1) is 6.61 Å². The number of rotatable bonds is 8. The normalized spacial score (nSPS) is 14.4. The third-order valence-electron chi connectivity index (χ3n) is 5.53. The zero-order valence-electron chi connectivity index (χ0n) is 16.7. The van der Waals surface area contributed by atoms with Crippen LogP contribution in [0.25, 0.3) is 0 Å². The molecule has 0 radical (unpaired) electrons. The first-order chi connectivity index (χ1) is 13.6. The van der Waals surface area contributed by atoms with Crippen LogP contribution < -0.4 is 10.7 Å². The number of nitrogens with zero attached hydrogens (tertiary/aromatic N) is 2. The van der Waals surface area contributed by atoms with Crippen LogP contribution in [0.2, 0.25) is 0 Å². The molecule has 1 aliphatic carbocycles. The van der Waals surface area contributed by atoms with Crippen molar-refractivity contribution in [2.24, 2.45) is 5.92 Å². The molecule has 1 amide bonds. The Morgan fingerprint density at radius 2 is 2.00 bits per heavy atom. The van der Waals surface area contributed by atoms with Crippen molar-refractivity contribution in [2.45, 2.75) is 52.1 Å². The number of amides is 1. The smallest absolute Gasteiger partial charge is 0.257 e. The van der Waals surface area contributed by atoms with E-state index >= 15 is 0 Å². The average Bonchev–Trinajstić information content (AvgIpc) is 3.20. The summed E-state index contributed by atoms with van der Waals surface area (Å²) in [5.41, 5.74) is 2.75. The first-order valence-electron chi connectivity index (χ1n) is 9.99. The van der Waals surface area contributed by atoms with E-state index in [1.807, 2.05) is 19.1 Å². The fourth-order valence-electron chi connectivity index (χ4n) is 4.04. The Morgan fingerprint density at radius 1 is 1.29 bits per heavy atom. The van der Waals surface area contributed by atoms with Gasteiger partial charge in [-0.2, -0.15) is 0 Å². The molecule has 3 rings (SSSR count). The van der Waals surface area contributed by atoms with E-state index in [0.717, 1.165) is 36.2 Å². The molecule has 1 saturated carbocycles. The van der Waals surface area contributed by atoms with Gasteiger partial charge in [-0.1, -0.05) is 25.7 Å². The van der Waals surface area contributed by atoms with Gasteiger partial charge in [0, 0.05) is 50.0 Å². The summed E-state index contributed by atoms with van der Waals surface area (Å²) >= 11 is 0. The second-order valence-electron chi connectivity index (χ2n) is 7.51. The average molecular weight is 383 g/mol. The third-order valence-corrected chi connectivity index (χ3v) is 5.53. The predicted octanol–water partition coefficient (Wildman–Crippen LogP) is 2.86. The van der Waals surface area contributed by atoms with Crippen LogP contribution in [0.4, 0.5) is 0 Å². The number of aromatic nitrogens is 2. The highest BCUT2D eigenvalue weighted by Crippen LogP contribution is 2.29. The monoisotopic (exact) mass is 383 g/mol. The molecular weight excluding hydrogens is 354 g/mol. The molecule has 2 aromatic rings. The number of methoxy groups -OCH3 is 1. The summed E-state index contributed by atoms with van der Waals surface area (Å²) in [5.74, 6) is 0.225. The quantitative estimate of drug-likeness (QED) is 0.761. The Bertz CT molecular complexity index is 855. The molecule has 0 saturated heterocycles. The Labute approximate surface area is 165 Å². The SMILES string of the molecule is COCCn1c(C)cc(=O)c(C(=O)NCc2ccncc2)c1CC1CCCC1. The lowest BCUT2D eigenvalue weighted by atomic mass is 9.97. The zero-order chi connectivity index (χ0) is 19.9. The van der Waals surface area contributed by atoms with Gasteiger partial charge in [-0.15, -0.1) is 0 Å². The Hall–Kier alpha value is -2.47.